The van der Waals surface area contributed by atoms with Gasteiger partial charge in [-0.05, 0) is 45.5 Å². The maximum absolute atomic E-state index is 13.1. The van der Waals surface area contributed by atoms with Gasteiger partial charge in [0.05, 0.1) is 12.7 Å². The van der Waals surface area contributed by atoms with Crippen molar-refractivity contribution < 1.29 is 28.6 Å². The van der Waals surface area contributed by atoms with Crippen LogP contribution in [0.15, 0.2) is 103 Å². The van der Waals surface area contributed by atoms with Crippen LogP contribution in [0.1, 0.15) is 38.5 Å². The van der Waals surface area contributed by atoms with Gasteiger partial charge in [-0.25, -0.2) is 14.4 Å². The van der Waals surface area contributed by atoms with Gasteiger partial charge in [0, 0.05) is 12.3 Å². The lowest BCUT2D eigenvalue weighted by molar-refractivity contribution is -0.147. The van der Waals surface area contributed by atoms with Crippen molar-refractivity contribution in [2.45, 2.75) is 25.0 Å². The Balaban J connectivity index is 1.24. The molecule has 0 saturated carbocycles. The predicted octanol–water partition coefficient (Wildman–Crippen LogP) is 5.67. The van der Waals surface area contributed by atoms with Crippen molar-refractivity contribution in [2.24, 2.45) is 0 Å². The van der Waals surface area contributed by atoms with Gasteiger partial charge in [-0.1, -0.05) is 91.0 Å². The minimum atomic E-state index is -0.951. The van der Waals surface area contributed by atoms with Crippen LogP contribution in [-0.2, 0) is 32.0 Å². The molecule has 4 aromatic rings. The summed E-state index contributed by atoms with van der Waals surface area (Å²) < 4.78 is 15.9. The third kappa shape index (κ3) is 6.04. The van der Waals surface area contributed by atoms with Gasteiger partial charge in [0.2, 0.25) is 0 Å². The van der Waals surface area contributed by atoms with Gasteiger partial charge in [0.15, 0.2) is 0 Å². The van der Waals surface area contributed by atoms with Gasteiger partial charge in [0.1, 0.15) is 19.3 Å². The monoisotopic (exact) mass is 535 g/mol. The number of methoxy groups -OCH3 is 1. The van der Waals surface area contributed by atoms with E-state index in [9.17, 15) is 14.4 Å². The molecule has 40 heavy (non-hydrogen) atoms. The van der Waals surface area contributed by atoms with Crippen molar-refractivity contribution in [3.8, 4) is 11.1 Å². The van der Waals surface area contributed by atoms with Crippen molar-refractivity contribution in [3.63, 3.8) is 0 Å². The zero-order chi connectivity index (χ0) is 27.9. The van der Waals surface area contributed by atoms with Gasteiger partial charge < -0.3 is 19.5 Å². The van der Waals surface area contributed by atoms with Crippen LogP contribution >= 0.6 is 0 Å². The molecule has 5 rings (SSSR count). The van der Waals surface area contributed by atoms with E-state index in [1.165, 1.54) is 7.11 Å². The van der Waals surface area contributed by atoms with E-state index in [1.54, 1.807) is 24.3 Å². The van der Waals surface area contributed by atoms with Crippen LogP contribution in [0.25, 0.3) is 11.1 Å². The molecule has 0 fully saturated rings. The van der Waals surface area contributed by atoms with E-state index in [-0.39, 0.29) is 25.6 Å². The van der Waals surface area contributed by atoms with Gasteiger partial charge in [0.25, 0.3) is 0 Å². The zero-order valence-corrected chi connectivity index (χ0v) is 22.0. The number of nitrogens with one attached hydrogen (secondary N) is 1. The van der Waals surface area contributed by atoms with Gasteiger partial charge in [-0.3, -0.25) is 0 Å². The maximum Gasteiger partial charge on any atom is 0.407 e. The van der Waals surface area contributed by atoms with E-state index in [4.69, 9.17) is 14.2 Å². The Hall–Kier alpha value is -4.91. The van der Waals surface area contributed by atoms with Crippen LogP contribution < -0.4 is 5.32 Å². The van der Waals surface area contributed by atoms with Crippen LogP contribution in [-0.4, -0.2) is 37.8 Å². The summed E-state index contributed by atoms with van der Waals surface area (Å²) in [5, 5.41) is 2.71. The van der Waals surface area contributed by atoms with Crippen LogP contribution in [0.2, 0.25) is 0 Å². The Morgan fingerprint density at radius 1 is 0.725 bits per heavy atom. The Morgan fingerprint density at radius 3 is 1.95 bits per heavy atom. The molecule has 1 aliphatic carbocycles. The fraction of sp³-hybridized carbons (Fsp3) is 0.182. The normalized spacial score (nSPS) is 12.5. The van der Waals surface area contributed by atoms with Crippen molar-refractivity contribution in [2.75, 3.05) is 13.7 Å². The molecule has 0 aromatic heterocycles. The second-order valence-electron chi connectivity index (χ2n) is 9.51. The SMILES string of the molecule is COC(=O)c1ccc(COC(=O)[C@H](Cc2ccccc2)NC(=O)OCC2c3ccccc3-c3ccccc32)cc1. The Labute approximate surface area is 232 Å². The molecule has 202 valence electrons. The van der Waals surface area contributed by atoms with Gasteiger partial charge in [-0.15, -0.1) is 0 Å². The molecule has 7 nitrogen and oxygen atoms in total. The largest absolute Gasteiger partial charge is 0.465 e. The highest BCUT2D eigenvalue weighted by atomic mass is 16.6. The third-order valence-corrected chi connectivity index (χ3v) is 6.96. The molecule has 7 heteroatoms. The highest BCUT2D eigenvalue weighted by Gasteiger charge is 2.30. The average molecular weight is 536 g/mol. The van der Waals surface area contributed by atoms with Crippen molar-refractivity contribution in [3.05, 3.63) is 131 Å². The molecule has 0 heterocycles. The van der Waals surface area contributed by atoms with Crippen LogP contribution in [0.5, 0.6) is 0 Å². The maximum atomic E-state index is 13.1. The van der Waals surface area contributed by atoms with E-state index >= 15 is 0 Å². The van der Waals surface area contributed by atoms with Crippen LogP contribution in [0.4, 0.5) is 4.79 Å². The smallest absolute Gasteiger partial charge is 0.407 e. The number of hydrogen-bond acceptors (Lipinski definition) is 6. The second-order valence-corrected chi connectivity index (χ2v) is 9.51. The summed E-state index contributed by atoms with van der Waals surface area (Å²) in [4.78, 5) is 37.7. The Morgan fingerprint density at radius 2 is 1.32 bits per heavy atom. The summed E-state index contributed by atoms with van der Waals surface area (Å²) in [5.74, 6) is -1.13. The van der Waals surface area contributed by atoms with E-state index in [0.29, 0.717) is 11.1 Å². The number of fused-ring (bicyclic) bond motifs is 3. The van der Waals surface area contributed by atoms with Crippen LogP contribution in [0, 0.1) is 0 Å². The van der Waals surface area contributed by atoms with Crippen molar-refractivity contribution >= 4 is 18.0 Å². The lowest BCUT2D eigenvalue weighted by atomic mass is 9.98. The molecule has 0 spiro atoms. The minimum absolute atomic E-state index is 0.0159. The molecule has 0 unspecified atom stereocenters. The molecule has 0 aliphatic heterocycles. The van der Waals surface area contributed by atoms with Gasteiger partial charge in [-0.2, -0.15) is 0 Å². The molecule has 1 N–H and O–H groups in total. The molecule has 1 atom stereocenters. The number of amides is 1. The Bertz CT molecular complexity index is 1450. The summed E-state index contributed by atoms with van der Waals surface area (Å²) in [6.07, 6.45) is -0.451. The second kappa shape index (κ2) is 12.3. The van der Waals surface area contributed by atoms with E-state index in [1.807, 2.05) is 54.6 Å². The van der Waals surface area contributed by atoms with Crippen molar-refractivity contribution in [1.29, 1.82) is 0 Å². The summed E-state index contributed by atoms with van der Waals surface area (Å²) >= 11 is 0. The Kier molecular flexibility index (Phi) is 8.21. The van der Waals surface area contributed by atoms with Gasteiger partial charge >= 0.3 is 18.0 Å². The third-order valence-electron chi connectivity index (χ3n) is 6.96. The fourth-order valence-corrected chi connectivity index (χ4v) is 4.94. The number of carbonyl (C=O) groups excluding carboxylic acids is 3. The summed E-state index contributed by atoms with van der Waals surface area (Å²) in [6.45, 7) is 0.122. The first-order valence-corrected chi connectivity index (χ1v) is 13.0. The average Bonchev–Trinajstić information content (AvgIpc) is 3.32. The molecule has 0 bridgehead atoms. The van der Waals surface area contributed by atoms with E-state index < -0.39 is 24.1 Å². The number of hydrogen-bond donors (Lipinski definition) is 1. The minimum Gasteiger partial charge on any atom is -0.465 e. The lowest BCUT2D eigenvalue weighted by Crippen LogP contribution is -2.43. The summed E-state index contributed by atoms with van der Waals surface area (Å²) in [6, 6.07) is 31.2. The van der Waals surface area contributed by atoms with Crippen molar-refractivity contribution in [1.82, 2.24) is 5.32 Å². The molecule has 1 amide bonds. The number of esters is 2. The highest BCUT2D eigenvalue weighted by Crippen LogP contribution is 2.44. The molecular formula is C33H29NO6. The fourth-order valence-electron chi connectivity index (χ4n) is 4.94. The first kappa shape index (κ1) is 26.7. The number of alkyl carbamates (subject to hydrolysis) is 1. The topological polar surface area (TPSA) is 90.9 Å². The number of carbonyl (C=O) groups is 3. The highest BCUT2D eigenvalue weighted by molar-refractivity contribution is 5.89. The quantitative estimate of drug-likeness (QED) is 0.220. The molecule has 0 saturated heterocycles. The summed E-state index contributed by atoms with van der Waals surface area (Å²) in [5.41, 5.74) is 6.45. The molecule has 0 radical (unpaired) electrons. The molecular weight excluding hydrogens is 506 g/mol. The zero-order valence-electron chi connectivity index (χ0n) is 22.0. The van der Waals surface area contributed by atoms with E-state index in [2.05, 4.69) is 29.6 Å². The number of ether oxygens (including phenoxy) is 3. The summed E-state index contributed by atoms with van der Waals surface area (Å²) in [7, 11) is 1.31. The standard InChI is InChI=1S/C33H29NO6/c1-38-31(35)24-17-15-23(16-18-24)20-39-32(36)30(19-22-9-3-2-4-10-22)34-33(37)40-21-29-27-13-7-5-11-25(27)26-12-6-8-14-28(26)29/h2-18,29-30H,19-21H2,1H3,(H,34,37)/t30-/m0/s1. The number of benzene rings is 4. The predicted molar refractivity (Wildman–Crippen MR) is 150 cm³/mol. The molecule has 1 aliphatic rings. The van der Waals surface area contributed by atoms with Crippen LogP contribution in [0.3, 0.4) is 0 Å². The lowest BCUT2D eigenvalue weighted by Gasteiger charge is -2.19. The first-order valence-electron chi connectivity index (χ1n) is 13.0. The van der Waals surface area contributed by atoms with E-state index in [0.717, 1.165) is 27.8 Å². The first-order chi connectivity index (χ1) is 19.5. The molecule has 4 aromatic carbocycles. The number of rotatable bonds is 9.